The second kappa shape index (κ2) is 1.74. The van der Waals surface area contributed by atoms with Crippen molar-refractivity contribution in [1.29, 1.82) is 0 Å². The Bertz CT molecular complexity index is 212. The van der Waals surface area contributed by atoms with Crippen LogP contribution in [-0.2, 0) is 0 Å². The lowest BCUT2D eigenvalue weighted by Gasteiger charge is -1.90. The molecule has 48 valence electrons. The summed E-state index contributed by atoms with van der Waals surface area (Å²) in [5.41, 5.74) is 6.69. The summed E-state index contributed by atoms with van der Waals surface area (Å²) in [6.45, 7) is 0. The van der Waals surface area contributed by atoms with E-state index >= 15 is 0 Å². The molecule has 1 fully saturated rings. The number of nitrogens with two attached hydrogens (primary N) is 1. The van der Waals surface area contributed by atoms with E-state index in [2.05, 4.69) is 5.38 Å². The zero-order valence-corrected chi connectivity index (χ0v) is 5.95. The van der Waals surface area contributed by atoms with Gasteiger partial charge in [-0.2, -0.15) is 0 Å². The number of nitrogen functional groups attached to an aromatic ring is 1. The van der Waals surface area contributed by atoms with Gasteiger partial charge in [-0.1, -0.05) is 0 Å². The molecule has 0 radical (unpaired) electrons. The molecule has 1 aliphatic rings. The molecule has 2 N–H and O–H groups in total. The van der Waals surface area contributed by atoms with E-state index in [1.54, 1.807) is 11.3 Å². The van der Waals surface area contributed by atoms with E-state index in [4.69, 9.17) is 5.73 Å². The van der Waals surface area contributed by atoms with Gasteiger partial charge in [-0.05, 0) is 30.2 Å². The van der Waals surface area contributed by atoms with Crippen LogP contribution in [0.2, 0.25) is 0 Å². The predicted molar refractivity (Wildman–Crippen MR) is 40.7 cm³/mol. The zero-order valence-electron chi connectivity index (χ0n) is 5.13. The average molecular weight is 139 g/mol. The maximum absolute atomic E-state index is 5.69. The van der Waals surface area contributed by atoms with Gasteiger partial charge in [-0.3, -0.25) is 0 Å². The first-order valence-corrected chi connectivity index (χ1v) is 4.09. The fourth-order valence-corrected chi connectivity index (χ4v) is 2.00. The summed E-state index contributed by atoms with van der Waals surface area (Å²) < 4.78 is 0. The summed E-state index contributed by atoms with van der Waals surface area (Å²) in [7, 11) is 0. The molecule has 2 heteroatoms. The molecule has 0 aromatic carbocycles. The molecule has 1 saturated carbocycles. The summed E-state index contributed by atoms with van der Waals surface area (Å²) in [4.78, 5) is 1.41. The van der Waals surface area contributed by atoms with E-state index in [-0.39, 0.29) is 0 Å². The van der Waals surface area contributed by atoms with Gasteiger partial charge in [0.15, 0.2) is 0 Å². The van der Waals surface area contributed by atoms with Crippen LogP contribution < -0.4 is 5.73 Å². The van der Waals surface area contributed by atoms with Crippen LogP contribution in [0.5, 0.6) is 0 Å². The fourth-order valence-electron chi connectivity index (χ4n) is 1.01. The molecule has 0 atom stereocenters. The quantitative estimate of drug-likeness (QED) is 0.634. The Labute approximate surface area is 58.5 Å². The first-order chi connectivity index (χ1) is 4.38. The van der Waals surface area contributed by atoms with Gasteiger partial charge in [0.2, 0.25) is 0 Å². The Morgan fingerprint density at radius 2 is 2.33 bits per heavy atom. The van der Waals surface area contributed by atoms with Crippen molar-refractivity contribution in [2.45, 2.75) is 18.8 Å². The minimum absolute atomic E-state index is 0.824. The molecule has 0 bridgehead atoms. The van der Waals surface area contributed by atoms with Crippen LogP contribution in [0.25, 0.3) is 0 Å². The zero-order chi connectivity index (χ0) is 6.27. The summed E-state index contributed by atoms with van der Waals surface area (Å²) in [6.07, 6.45) is 2.70. The highest BCUT2D eigenvalue weighted by Gasteiger charge is 2.26. The van der Waals surface area contributed by atoms with Gasteiger partial charge in [0.1, 0.15) is 0 Å². The van der Waals surface area contributed by atoms with Crippen molar-refractivity contribution in [3.63, 3.8) is 0 Å². The third-order valence-electron chi connectivity index (χ3n) is 1.68. The second-order valence-corrected chi connectivity index (χ2v) is 3.46. The van der Waals surface area contributed by atoms with Gasteiger partial charge in [0.05, 0.1) is 0 Å². The van der Waals surface area contributed by atoms with Crippen LogP contribution in [0.4, 0.5) is 5.69 Å². The van der Waals surface area contributed by atoms with Crippen LogP contribution >= 0.6 is 11.3 Å². The van der Waals surface area contributed by atoms with Crippen LogP contribution in [0.15, 0.2) is 11.4 Å². The lowest BCUT2D eigenvalue weighted by atomic mass is 10.3. The Kier molecular flexibility index (Phi) is 1.02. The molecular formula is C7H9NS. The highest BCUT2D eigenvalue weighted by molar-refractivity contribution is 7.10. The van der Waals surface area contributed by atoms with Crippen LogP contribution in [0, 0.1) is 0 Å². The molecule has 1 aliphatic carbocycles. The van der Waals surface area contributed by atoms with Gasteiger partial charge >= 0.3 is 0 Å². The summed E-state index contributed by atoms with van der Waals surface area (Å²) in [6, 6.07) is 2.00. The molecule has 1 heterocycles. The second-order valence-electron chi connectivity index (χ2n) is 2.51. The molecule has 1 aromatic rings. The number of anilines is 1. The van der Waals surface area contributed by atoms with Crippen LogP contribution in [0.1, 0.15) is 23.6 Å². The third-order valence-corrected chi connectivity index (χ3v) is 2.77. The van der Waals surface area contributed by atoms with Crippen molar-refractivity contribution < 1.29 is 0 Å². The minimum Gasteiger partial charge on any atom is -0.398 e. The topological polar surface area (TPSA) is 26.0 Å². The largest absolute Gasteiger partial charge is 0.398 e. The maximum atomic E-state index is 5.69. The SMILES string of the molecule is Nc1ccsc1C1CC1. The molecule has 0 unspecified atom stereocenters. The maximum Gasteiger partial charge on any atom is 0.0458 e. The van der Waals surface area contributed by atoms with Gasteiger partial charge in [-0.15, -0.1) is 11.3 Å². The monoisotopic (exact) mass is 139 g/mol. The van der Waals surface area contributed by atoms with Gasteiger partial charge in [0.25, 0.3) is 0 Å². The van der Waals surface area contributed by atoms with E-state index in [0.717, 1.165) is 11.6 Å². The summed E-state index contributed by atoms with van der Waals surface area (Å²) in [5.74, 6) is 0.824. The van der Waals surface area contributed by atoms with E-state index in [1.807, 2.05) is 6.07 Å². The lowest BCUT2D eigenvalue weighted by Crippen LogP contribution is -1.84. The Hall–Kier alpha value is -0.500. The van der Waals surface area contributed by atoms with Crippen LogP contribution in [0.3, 0.4) is 0 Å². The number of hydrogen-bond acceptors (Lipinski definition) is 2. The number of rotatable bonds is 1. The van der Waals surface area contributed by atoms with E-state index < -0.39 is 0 Å². The van der Waals surface area contributed by atoms with Crippen LogP contribution in [-0.4, -0.2) is 0 Å². The number of thiophene rings is 1. The van der Waals surface area contributed by atoms with Crippen molar-refractivity contribution in [1.82, 2.24) is 0 Å². The average Bonchev–Trinajstić information content (AvgIpc) is 2.58. The highest BCUT2D eigenvalue weighted by Crippen LogP contribution is 2.45. The van der Waals surface area contributed by atoms with Crippen molar-refractivity contribution >= 4 is 17.0 Å². The smallest absolute Gasteiger partial charge is 0.0458 e. The van der Waals surface area contributed by atoms with Gasteiger partial charge in [0, 0.05) is 10.6 Å². The normalized spacial score (nSPS) is 18.2. The lowest BCUT2D eigenvalue weighted by molar-refractivity contribution is 1.18. The molecule has 9 heavy (non-hydrogen) atoms. The molecule has 0 spiro atoms. The molecule has 2 rings (SSSR count). The molecular weight excluding hydrogens is 130 g/mol. The van der Waals surface area contributed by atoms with E-state index in [9.17, 15) is 0 Å². The predicted octanol–water partition coefficient (Wildman–Crippen LogP) is 2.21. The highest BCUT2D eigenvalue weighted by atomic mass is 32.1. The first kappa shape index (κ1) is 5.30. The molecule has 1 aromatic heterocycles. The molecule has 0 amide bonds. The van der Waals surface area contributed by atoms with Crippen molar-refractivity contribution in [3.05, 3.63) is 16.3 Å². The molecule has 0 saturated heterocycles. The third kappa shape index (κ3) is 0.833. The molecule has 0 aliphatic heterocycles. The first-order valence-electron chi connectivity index (χ1n) is 3.21. The Morgan fingerprint density at radius 1 is 1.56 bits per heavy atom. The fraction of sp³-hybridized carbons (Fsp3) is 0.429. The number of hydrogen-bond donors (Lipinski definition) is 1. The van der Waals surface area contributed by atoms with Gasteiger partial charge < -0.3 is 5.73 Å². The van der Waals surface area contributed by atoms with Gasteiger partial charge in [-0.25, -0.2) is 0 Å². The van der Waals surface area contributed by atoms with Crippen molar-refractivity contribution in [2.24, 2.45) is 0 Å². The van der Waals surface area contributed by atoms with E-state index in [0.29, 0.717) is 0 Å². The Morgan fingerprint density at radius 3 is 2.78 bits per heavy atom. The summed E-state index contributed by atoms with van der Waals surface area (Å²) >= 11 is 1.80. The van der Waals surface area contributed by atoms with Crippen molar-refractivity contribution in [2.75, 3.05) is 5.73 Å². The van der Waals surface area contributed by atoms with E-state index in [1.165, 1.54) is 17.7 Å². The molecule has 1 nitrogen and oxygen atoms in total. The Balaban J connectivity index is 2.35. The standard InChI is InChI=1S/C7H9NS/c8-6-3-4-9-7(6)5-1-2-5/h3-5H,1-2,8H2. The summed E-state index contributed by atoms with van der Waals surface area (Å²) in [5, 5.41) is 2.07. The van der Waals surface area contributed by atoms with Crippen molar-refractivity contribution in [3.8, 4) is 0 Å². The minimum atomic E-state index is 0.824.